The van der Waals surface area contributed by atoms with Crippen LogP contribution in [-0.4, -0.2) is 43.0 Å². The summed E-state index contributed by atoms with van der Waals surface area (Å²) in [7, 11) is 1.96. The second-order valence-electron chi connectivity index (χ2n) is 2.97. The minimum Gasteiger partial charge on any atom is -0.343 e. The van der Waals surface area contributed by atoms with Gasteiger partial charge in [0, 0.05) is 12.8 Å². The van der Waals surface area contributed by atoms with Crippen molar-refractivity contribution in [1.29, 1.82) is 0 Å². The van der Waals surface area contributed by atoms with Crippen LogP contribution in [0.25, 0.3) is 0 Å². The zero-order valence-corrected chi connectivity index (χ0v) is 7.73. The third-order valence-electron chi connectivity index (χ3n) is 1.56. The second-order valence-corrected chi connectivity index (χ2v) is 2.97. The Kier molecular flexibility index (Phi) is 2.96. The van der Waals surface area contributed by atoms with Crippen molar-refractivity contribution >= 4 is 18.4 Å². The van der Waals surface area contributed by atoms with Crippen LogP contribution in [0.15, 0.2) is 15.0 Å². The molecule has 1 unspecified atom stereocenters. The van der Waals surface area contributed by atoms with Crippen molar-refractivity contribution in [2.45, 2.75) is 20.0 Å². The molecule has 0 fully saturated rings. The molecule has 1 aliphatic heterocycles. The smallest absolute Gasteiger partial charge is 0.143 e. The third kappa shape index (κ3) is 2.45. The fourth-order valence-electron chi connectivity index (χ4n) is 0.854. The second kappa shape index (κ2) is 3.99. The van der Waals surface area contributed by atoms with Crippen LogP contribution in [0.5, 0.6) is 0 Å². The first-order valence-electron chi connectivity index (χ1n) is 3.94. The maximum absolute atomic E-state index is 4.23. The normalized spacial score (nSPS) is 22.2. The highest BCUT2D eigenvalue weighted by molar-refractivity contribution is 5.86. The van der Waals surface area contributed by atoms with E-state index in [1.807, 2.05) is 25.8 Å². The van der Waals surface area contributed by atoms with E-state index in [0.29, 0.717) is 0 Å². The largest absolute Gasteiger partial charge is 0.343 e. The number of aliphatic imine (C=N–C) groups is 3. The molecule has 0 aliphatic carbocycles. The van der Waals surface area contributed by atoms with Crippen LogP contribution in [-0.2, 0) is 0 Å². The van der Waals surface area contributed by atoms with Gasteiger partial charge in [0.15, 0.2) is 0 Å². The van der Waals surface area contributed by atoms with Gasteiger partial charge in [-0.15, -0.1) is 0 Å². The lowest BCUT2D eigenvalue weighted by Crippen LogP contribution is -2.25. The molecule has 1 atom stereocenters. The average molecular weight is 166 g/mol. The Morgan fingerprint density at radius 2 is 2.42 bits per heavy atom. The van der Waals surface area contributed by atoms with Crippen molar-refractivity contribution in [1.82, 2.24) is 4.90 Å². The fourth-order valence-corrected chi connectivity index (χ4v) is 0.854. The van der Waals surface area contributed by atoms with Gasteiger partial charge in [-0.25, -0.2) is 9.98 Å². The first-order chi connectivity index (χ1) is 5.70. The monoisotopic (exact) mass is 166 g/mol. The zero-order valence-electron chi connectivity index (χ0n) is 7.73. The number of nitrogens with zero attached hydrogens (tertiary/aromatic N) is 4. The Morgan fingerprint density at radius 1 is 1.67 bits per heavy atom. The van der Waals surface area contributed by atoms with E-state index in [1.165, 1.54) is 0 Å². The number of likely N-dealkylation sites (N-methyl/N-ethyl adjacent to an activating group) is 1. The maximum atomic E-state index is 4.23. The molecule has 0 aromatic rings. The van der Waals surface area contributed by atoms with E-state index >= 15 is 0 Å². The minimum atomic E-state index is 0.146. The molecule has 0 aromatic heterocycles. The molecule has 0 saturated carbocycles. The third-order valence-corrected chi connectivity index (χ3v) is 1.56. The summed E-state index contributed by atoms with van der Waals surface area (Å²) in [6, 6.07) is 0. The molecule has 4 nitrogen and oxygen atoms in total. The first kappa shape index (κ1) is 8.90. The van der Waals surface area contributed by atoms with Crippen molar-refractivity contribution in [3.63, 3.8) is 0 Å². The number of rotatable bonds is 2. The van der Waals surface area contributed by atoms with Crippen LogP contribution in [0.3, 0.4) is 0 Å². The van der Waals surface area contributed by atoms with E-state index in [-0.39, 0.29) is 6.17 Å². The van der Waals surface area contributed by atoms with Crippen LogP contribution < -0.4 is 0 Å². The molecule has 0 bridgehead atoms. The maximum Gasteiger partial charge on any atom is 0.143 e. The zero-order chi connectivity index (χ0) is 8.97. The molecular weight excluding hydrogens is 152 g/mol. The molecule has 1 heterocycles. The van der Waals surface area contributed by atoms with E-state index in [1.54, 1.807) is 12.7 Å². The highest BCUT2D eigenvalue weighted by Crippen LogP contribution is 2.02. The molecule has 0 aromatic carbocycles. The lowest BCUT2D eigenvalue weighted by molar-refractivity contribution is 0.427. The van der Waals surface area contributed by atoms with Gasteiger partial charge in [-0.3, -0.25) is 4.99 Å². The molecule has 0 saturated heterocycles. The lowest BCUT2D eigenvalue weighted by atomic mass is 10.5. The van der Waals surface area contributed by atoms with Gasteiger partial charge in [-0.1, -0.05) is 0 Å². The summed E-state index contributed by atoms with van der Waals surface area (Å²) in [5.74, 6) is 0. The first-order valence-corrected chi connectivity index (χ1v) is 3.94. The molecule has 0 N–H and O–H groups in total. The lowest BCUT2D eigenvalue weighted by Gasteiger charge is -2.12. The summed E-state index contributed by atoms with van der Waals surface area (Å²) in [4.78, 5) is 14.3. The Hall–Kier alpha value is -1.19. The summed E-state index contributed by atoms with van der Waals surface area (Å²) in [6.07, 6.45) is 3.54. The predicted molar refractivity (Wildman–Crippen MR) is 52.2 cm³/mol. The Balaban J connectivity index is 2.42. The Morgan fingerprint density at radius 3 is 2.92 bits per heavy atom. The standard InChI is InChI=1S/C8H14N4/c1-7(2)10-5-11-8-4-9-6-12(8)3/h5-6,8H,4H2,1-3H3. The van der Waals surface area contributed by atoms with Gasteiger partial charge in [-0.2, -0.15) is 0 Å². The van der Waals surface area contributed by atoms with Crippen LogP contribution in [0, 0.1) is 0 Å². The summed E-state index contributed by atoms with van der Waals surface area (Å²) in [6.45, 7) is 4.63. The van der Waals surface area contributed by atoms with Gasteiger partial charge in [0.1, 0.15) is 12.5 Å². The van der Waals surface area contributed by atoms with Gasteiger partial charge < -0.3 is 4.90 Å². The Labute approximate surface area is 72.7 Å². The summed E-state index contributed by atoms with van der Waals surface area (Å²) in [5, 5.41) is 0. The summed E-state index contributed by atoms with van der Waals surface area (Å²) < 4.78 is 0. The van der Waals surface area contributed by atoms with Gasteiger partial charge in [0.05, 0.1) is 12.9 Å². The fraction of sp³-hybridized carbons (Fsp3) is 0.625. The van der Waals surface area contributed by atoms with E-state index < -0.39 is 0 Å². The molecule has 0 spiro atoms. The SMILES string of the molecule is CC(C)=NC=NC1CN=CN1C. The minimum absolute atomic E-state index is 0.146. The topological polar surface area (TPSA) is 40.3 Å². The predicted octanol–water partition coefficient (Wildman–Crippen LogP) is 0.795. The van der Waals surface area contributed by atoms with Crippen LogP contribution >= 0.6 is 0 Å². The molecule has 12 heavy (non-hydrogen) atoms. The van der Waals surface area contributed by atoms with Crippen molar-refractivity contribution < 1.29 is 0 Å². The highest BCUT2D eigenvalue weighted by Gasteiger charge is 2.13. The van der Waals surface area contributed by atoms with Crippen LogP contribution in [0.1, 0.15) is 13.8 Å². The van der Waals surface area contributed by atoms with E-state index in [0.717, 1.165) is 12.3 Å². The number of hydrogen-bond acceptors (Lipinski definition) is 3. The average Bonchev–Trinajstić information content (AvgIpc) is 2.36. The van der Waals surface area contributed by atoms with Crippen molar-refractivity contribution in [3.8, 4) is 0 Å². The van der Waals surface area contributed by atoms with E-state index in [4.69, 9.17) is 0 Å². The molecule has 66 valence electrons. The van der Waals surface area contributed by atoms with Crippen molar-refractivity contribution in [2.75, 3.05) is 13.6 Å². The molecule has 4 heteroatoms. The molecular formula is C8H14N4. The Bertz CT molecular complexity index is 225. The van der Waals surface area contributed by atoms with Crippen molar-refractivity contribution in [2.24, 2.45) is 15.0 Å². The quantitative estimate of drug-likeness (QED) is 0.441. The van der Waals surface area contributed by atoms with Gasteiger partial charge in [0.2, 0.25) is 0 Å². The highest BCUT2D eigenvalue weighted by atomic mass is 15.3. The van der Waals surface area contributed by atoms with Crippen LogP contribution in [0.4, 0.5) is 0 Å². The molecule has 1 aliphatic rings. The van der Waals surface area contributed by atoms with Gasteiger partial charge in [0.25, 0.3) is 0 Å². The van der Waals surface area contributed by atoms with Crippen LogP contribution in [0.2, 0.25) is 0 Å². The summed E-state index contributed by atoms with van der Waals surface area (Å²) in [5.41, 5.74) is 1.01. The molecule has 0 radical (unpaired) electrons. The van der Waals surface area contributed by atoms with Crippen molar-refractivity contribution in [3.05, 3.63) is 0 Å². The summed E-state index contributed by atoms with van der Waals surface area (Å²) >= 11 is 0. The number of hydrogen-bond donors (Lipinski definition) is 0. The molecule has 0 amide bonds. The van der Waals surface area contributed by atoms with E-state index in [9.17, 15) is 0 Å². The molecule has 1 rings (SSSR count). The van der Waals surface area contributed by atoms with Gasteiger partial charge >= 0.3 is 0 Å². The van der Waals surface area contributed by atoms with Gasteiger partial charge in [-0.05, 0) is 13.8 Å². The van der Waals surface area contributed by atoms with E-state index in [2.05, 4.69) is 15.0 Å².